The molecule has 0 bridgehead atoms. The smallest absolute Gasteiger partial charge is 0.279 e. The average molecular weight is 339 g/mol. The second-order valence-electron chi connectivity index (χ2n) is 6.29. The quantitative estimate of drug-likeness (QED) is 0.696. The van der Waals surface area contributed by atoms with E-state index in [1.165, 1.54) is 5.56 Å². The van der Waals surface area contributed by atoms with E-state index in [0.717, 1.165) is 27.7 Å². The lowest BCUT2D eigenvalue weighted by atomic mass is 10.1. The van der Waals surface area contributed by atoms with Gasteiger partial charge in [-0.1, -0.05) is 6.07 Å². The Morgan fingerprint density at radius 1 is 0.960 bits per heavy atom. The highest BCUT2D eigenvalue weighted by Gasteiger charge is 2.18. The van der Waals surface area contributed by atoms with Crippen LogP contribution >= 0.6 is 0 Å². The topological polar surface area (TPSA) is 59.8 Å². The fraction of sp³-hybridized carbons (Fsp3) is 0.250. The maximum atomic E-state index is 12.5. The normalized spacial score (nSPS) is 11.0. The van der Waals surface area contributed by atoms with Crippen molar-refractivity contribution in [2.75, 3.05) is 11.9 Å². The molecule has 130 valence electrons. The van der Waals surface area contributed by atoms with Gasteiger partial charge in [0.05, 0.1) is 12.5 Å². The summed E-state index contributed by atoms with van der Waals surface area (Å²) in [5.74, 6) is 1.66. The molecule has 5 heteroatoms. The van der Waals surface area contributed by atoms with E-state index in [1.54, 1.807) is 12.5 Å². The molecule has 0 spiro atoms. The fourth-order valence-electron chi connectivity index (χ4n) is 2.76. The van der Waals surface area contributed by atoms with Gasteiger partial charge in [0.1, 0.15) is 13.1 Å². The Kier molecular flexibility index (Phi) is 5.36. The lowest BCUT2D eigenvalue weighted by Crippen LogP contribution is -3.10. The molecule has 0 saturated carbocycles. The van der Waals surface area contributed by atoms with Crippen LogP contribution in [0.1, 0.15) is 22.6 Å². The van der Waals surface area contributed by atoms with Crippen molar-refractivity contribution in [3.05, 3.63) is 77.6 Å². The number of carbonyl (C=O) groups excluding carboxylic acids is 1. The second-order valence-corrected chi connectivity index (χ2v) is 6.29. The zero-order chi connectivity index (χ0) is 17.6. The Morgan fingerprint density at radius 2 is 1.60 bits per heavy atom. The minimum absolute atomic E-state index is 0.0311. The van der Waals surface area contributed by atoms with Crippen LogP contribution in [-0.2, 0) is 17.9 Å². The molecule has 0 aliphatic carbocycles. The molecule has 3 aromatic rings. The van der Waals surface area contributed by atoms with Gasteiger partial charge in [-0.3, -0.25) is 4.79 Å². The van der Waals surface area contributed by atoms with Gasteiger partial charge in [0.15, 0.2) is 18.1 Å². The van der Waals surface area contributed by atoms with Crippen LogP contribution in [0.3, 0.4) is 0 Å². The van der Waals surface area contributed by atoms with Gasteiger partial charge in [0.25, 0.3) is 5.91 Å². The third-order valence-corrected chi connectivity index (χ3v) is 4.21. The molecule has 3 rings (SSSR count). The van der Waals surface area contributed by atoms with E-state index in [9.17, 15) is 4.79 Å². The van der Waals surface area contributed by atoms with Crippen molar-refractivity contribution < 1.29 is 18.5 Å². The summed E-state index contributed by atoms with van der Waals surface area (Å²) < 4.78 is 10.9. The standard InChI is InChI=1S/C20H22N2O3/c1-15-7-8-17(11-16(15)2)21-20(23)14-22(12-18-5-3-9-24-18)13-19-6-4-10-25-19/h3-11H,12-14H2,1-2H3,(H,21,23)/p+1. The number of nitrogens with one attached hydrogen (secondary N) is 2. The number of rotatable bonds is 7. The summed E-state index contributed by atoms with van der Waals surface area (Å²) in [6.45, 7) is 5.66. The van der Waals surface area contributed by atoms with Crippen molar-refractivity contribution in [3.8, 4) is 0 Å². The van der Waals surface area contributed by atoms with E-state index < -0.39 is 0 Å². The van der Waals surface area contributed by atoms with Gasteiger partial charge in [-0.25, -0.2) is 0 Å². The van der Waals surface area contributed by atoms with Crippen molar-refractivity contribution in [1.82, 2.24) is 0 Å². The molecule has 1 amide bonds. The van der Waals surface area contributed by atoms with E-state index in [4.69, 9.17) is 8.83 Å². The number of carbonyl (C=O) groups is 1. The summed E-state index contributed by atoms with van der Waals surface area (Å²) in [7, 11) is 0. The number of benzene rings is 1. The number of amides is 1. The SMILES string of the molecule is Cc1ccc(NC(=O)C[NH+](Cc2ccco2)Cc2ccco2)cc1C. The molecule has 0 aliphatic rings. The van der Waals surface area contributed by atoms with Crippen molar-refractivity contribution in [1.29, 1.82) is 0 Å². The van der Waals surface area contributed by atoms with E-state index in [1.807, 2.05) is 49.4 Å². The van der Waals surface area contributed by atoms with E-state index >= 15 is 0 Å². The van der Waals surface area contributed by atoms with Crippen LogP contribution in [0.15, 0.2) is 63.8 Å². The second kappa shape index (κ2) is 7.85. The van der Waals surface area contributed by atoms with Crippen LogP contribution in [0.25, 0.3) is 0 Å². The number of anilines is 1. The highest BCUT2D eigenvalue weighted by atomic mass is 16.3. The third-order valence-electron chi connectivity index (χ3n) is 4.21. The number of furan rings is 2. The summed E-state index contributed by atoms with van der Waals surface area (Å²) >= 11 is 0. The zero-order valence-corrected chi connectivity index (χ0v) is 14.5. The van der Waals surface area contributed by atoms with Gasteiger partial charge in [-0.2, -0.15) is 0 Å². The monoisotopic (exact) mass is 339 g/mol. The Hall–Kier alpha value is -2.79. The predicted molar refractivity (Wildman–Crippen MR) is 95.2 cm³/mol. The first-order valence-electron chi connectivity index (χ1n) is 8.35. The van der Waals surface area contributed by atoms with E-state index in [-0.39, 0.29) is 5.91 Å². The largest absolute Gasteiger partial charge is 0.463 e. The van der Waals surface area contributed by atoms with E-state index in [0.29, 0.717) is 19.6 Å². The molecule has 0 fully saturated rings. The van der Waals surface area contributed by atoms with Crippen LogP contribution in [0.5, 0.6) is 0 Å². The molecule has 1 aromatic carbocycles. The molecule has 0 saturated heterocycles. The predicted octanol–water partition coefficient (Wildman–Crippen LogP) is 2.71. The molecule has 25 heavy (non-hydrogen) atoms. The minimum atomic E-state index is -0.0311. The lowest BCUT2D eigenvalue weighted by Gasteiger charge is -2.17. The van der Waals surface area contributed by atoms with Crippen molar-refractivity contribution in [3.63, 3.8) is 0 Å². The zero-order valence-electron chi connectivity index (χ0n) is 14.5. The van der Waals surface area contributed by atoms with E-state index in [2.05, 4.69) is 12.2 Å². The summed E-state index contributed by atoms with van der Waals surface area (Å²) in [5.41, 5.74) is 3.19. The lowest BCUT2D eigenvalue weighted by molar-refractivity contribution is -0.921. The van der Waals surface area contributed by atoms with Crippen LogP contribution in [0.2, 0.25) is 0 Å². The Bertz CT molecular complexity index is 771. The first kappa shape index (κ1) is 17.0. The molecule has 5 nitrogen and oxygen atoms in total. The first-order chi connectivity index (χ1) is 12.1. The summed E-state index contributed by atoms with van der Waals surface area (Å²) in [6.07, 6.45) is 3.30. The highest BCUT2D eigenvalue weighted by Crippen LogP contribution is 2.13. The summed E-state index contributed by atoms with van der Waals surface area (Å²) in [4.78, 5) is 13.5. The number of quaternary nitrogens is 1. The van der Waals surface area contributed by atoms with Crippen LogP contribution in [0, 0.1) is 13.8 Å². The van der Waals surface area contributed by atoms with Gasteiger partial charge in [-0.05, 0) is 61.4 Å². The number of hydrogen-bond donors (Lipinski definition) is 2. The Labute approximate surface area is 147 Å². The fourth-order valence-corrected chi connectivity index (χ4v) is 2.76. The van der Waals surface area contributed by atoms with Crippen molar-refractivity contribution in [2.45, 2.75) is 26.9 Å². The van der Waals surface area contributed by atoms with Gasteiger partial charge >= 0.3 is 0 Å². The Morgan fingerprint density at radius 3 is 2.12 bits per heavy atom. The average Bonchev–Trinajstić information content (AvgIpc) is 3.25. The highest BCUT2D eigenvalue weighted by molar-refractivity contribution is 5.91. The van der Waals surface area contributed by atoms with Crippen LogP contribution in [-0.4, -0.2) is 12.5 Å². The van der Waals surface area contributed by atoms with Gasteiger partial charge < -0.3 is 19.1 Å². The molecule has 2 heterocycles. The number of aryl methyl sites for hydroxylation is 2. The molecular weight excluding hydrogens is 316 g/mol. The molecule has 0 aliphatic heterocycles. The maximum Gasteiger partial charge on any atom is 0.279 e. The third kappa shape index (κ3) is 4.84. The van der Waals surface area contributed by atoms with Crippen molar-refractivity contribution >= 4 is 11.6 Å². The van der Waals surface area contributed by atoms with Gasteiger partial charge in [-0.15, -0.1) is 0 Å². The molecule has 0 radical (unpaired) electrons. The van der Waals surface area contributed by atoms with Crippen LogP contribution in [0.4, 0.5) is 5.69 Å². The maximum absolute atomic E-state index is 12.5. The Balaban J connectivity index is 1.65. The first-order valence-corrected chi connectivity index (χ1v) is 8.35. The number of hydrogen-bond acceptors (Lipinski definition) is 3. The van der Waals surface area contributed by atoms with Gasteiger partial charge in [0.2, 0.25) is 0 Å². The molecular formula is C20H23N2O3+. The van der Waals surface area contributed by atoms with Gasteiger partial charge in [0, 0.05) is 5.69 Å². The molecule has 0 unspecified atom stereocenters. The summed E-state index contributed by atoms with van der Waals surface area (Å²) in [6, 6.07) is 13.5. The molecule has 2 aromatic heterocycles. The molecule has 0 atom stereocenters. The summed E-state index contributed by atoms with van der Waals surface area (Å²) in [5, 5.41) is 2.98. The van der Waals surface area contributed by atoms with Crippen molar-refractivity contribution in [2.24, 2.45) is 0 Å². The minimum Gasteiger partial charge on any atom is -0.463 e. The molecule has 2 N–H and O–H groups in total. The van der Waals surface area contributed by atoms with Crippen LogP contribution < -0.4 is 10.2 Å².